The summed E-state index contributed by atoms with van der Waals surface area (Å²) >= 11 is 1.37. The number of halogens is 2. The van der Waals surface area contributed by atoms with Crippen LogP contribution < -0.4 is 10.2 Å². The van der Waals surface area contributed by atoms with Crippen molar-refractivity contribution in [2.24, 2.45) is 16.8 Å². The number of carbonyl (C=O) groups is 2. The molecule has 0 atom stereocenters. The van der Waals surface area contributed by atoms with Gasteiger partial charge in [0.25, 0.3) is 0 Å². The minimum absolute atomic E-state index is 0.148. The fourth-order valence-electron chi connectivity index (χ4n) is 4.68. The van der Waals surface area contributed by atoms with E-state index in [0.29, 0.717) is 31.8 Å². The summed E-state index contributed by atoms with van der Waals surface area (Å²) in [6.07, 6.45) is 8.26. The van der Waals surface area contributed by atoms with Gasteiger partial charge in [-0.05, 0) is 55.2 Å². The molecule has 1 N–H and O–H groups in total. The van der Waals surface area contributed by atoms with Gasteiger partial charge in [-0.1, -0.05) is 31.7 Å². The van der Waals surface area contributed by atoms with Gasteiger partial charge < -0.3 is 15.0 Å². The summed E-state index contributed by atoms with van der Waals surface area (Å²) in [5.41, 5.74) is -0.608. The quantitative estimate of drug-likeness (QED) is 0.243. The maximum Gasteiger partial charge on any atom is 0.223 e. The number of aliphatic imine (C=N–C) groups is 1. The number of hydrogen-bond donors (Lipinski definition) is 1. The second-order valence-corrected chi connectivity index (χ2v) is 10.7. The lowest BCUT2D eigenvalue weighted by Gasteiger charge is -2.40. The smallest absolute Gasteiger partial charge is 0.223 e. The van der Waals surface area contributed by atoms with Gasteiger partial charge in [0.15, 0.2) is 0 Å². The Labute approximate surface area is 211 Å². The largest absolute Gasteiger partial charge is 0.361 e. The highest BCUT2D eigenvalue weighted by Gasteiger charge is 2.37. The number of amides is 1. The molecule has 1 saturated carbocycles. The van der Waals surface area contributed by atoms with E-state index in [1.165, 1.54) is 49.7 Å². The van der Waals surface area contributed by atoms with Crippen molar-refractivity contribution < 1.29 is 18.4 Å². The number of anilines is 1. The number of piperidine rings is 1. The van der Waals surface area contributed by atoms with E-state index in [1.807, 2.05) is 0 Å². The van der Waals surface area contributed by atoms with E-state index < -0.39 is 17.2 Å². The van der Waals surface area contributed by atoms with Crippen LogP contribution in [-0.4, -0.2) is 55.1 Å². The third-order valence-electron chi connectivity index (χ3n) is 7.23. The van der Waals surface area contributed by atoms with Crippen LogP contribution in [0.2, 0.25) is 0 Å². The molecule has 35 heavy (non-hydrogen) atoms. The van der Waals surface area contributed by atoms with Crippen molar-refractivity contribution in [2.75, 3.05) is 32.1 Å². The number of nitrogens with one attached hydrogen (secondary N) is 1. The first kappa shape index (κ1) is 27.3. The Balaban J connectivity index is 1.57. The molecule has 1 aliphatic carbocycles. The lowest BCUT2D eigenvalue weighted by atomic mass is 9.81. The summed E-state index contributed by atoms with van der Waals surface area (Å²) in [5, 5.41) is 5.15. The topological polar surface area (TPSA) is 65.0 Å². The Morgan fingerprint density at radius 3 is 2.31 bits per heavy atom. The highest BCUT2D eigenvalue weighted by molar-refractivity contribution is 8.00. The molecule has 1 heterocycles. The first-order valence-corrected chi connectivity index (χ1v) is 13.0. The predicted molar refractivity (Wildman–Crippen MR) is 139 cm³/mol. The summed E-state index contributed by atoms with van der Waals surface area (Å²) in [6.45, 7) is 4.94. The maximum atomic E-state index is 14.5. The molecule has 0 radical (unpaired) electrons. The molecule has 1 aromatic carbocycles. The normalized spacial score (nSPS) is 23.3. The zero-order valence-electron chi connectivity index (χ0n) is 21.0. The average molecular weight is 507 g/mol. The lowest BCUT2D eigenvalue weighted by molar-refractivity contribution is -0.116. The highest BCUT2D eigenvalue weighted by atomic mass is 32.2. The van der Waals surface area contributed by atoms with Gasteiger partial charge in [-0.3, -0.25) is 9.79 Å². The van der Waals surface area contributed by atoms with Crippen LogP contribution in [0.25, 0.3) is 6.08 Å². The van der Waals surface area contributed by atoms with Crippen LogP contribution in [0, 0.1) is 23.5 Å². The van der Waals surface area contributed by atoms with Crippen molar-refractivity contribution in [2.45, 2.75) is 57.9 Å². The summed E-state index contributed by atoms with van der Waals surface area (Å²) in [6, 6.07) is 2.30. The Hall–Kier alpha value is -2.26. The maximum absolute atomic E-state index is 14.5. The van der Waals surface area contributed by atoms with Gasteiger partial charge in [-0.15, -0.1) is 0 Å². The van der Waals surface area contributed by atoms with Gasteiger partial charge in [-0.2, -0.15) is 0 Å². The molecule has 2 aliphatic rings. The van der Waals surface area contributed by atoms with Crippen LogP contribution >= 0.6 is 11.9 Å². The average Bonchev–Trinajstić information content (AvgIpc) is 2.85. The first-order chi connectivity index (χ1) is 16.7. The van der Waals surface area contributed by atoms with Crippen LogP contribution in [-0.2, 0) is 9.59 Å². The monoisotopic (exact) mass is 506 g/mol. The molecule has 0 unspecified atom stereocenters. The zero-order valence-corrected chi connectivity index (χ0v) is 21.8. The van der Waals surface area contributed by atoms with E-state index in [1.54, 1.807) is 12.5 Å². The molecule has 1 aliphatic heterocycles. The lowest BCUT2D eigenvalue weighted by Crippen LogP contribution is -2.56. The Morgan fingerprint density at radius 1 is 1.20 bits per heavy atom. The number of aldehydes is 1. The molecule has 1 amide bonds. The van der Waals surface area contributed by atoms with Crippen molar-refractivity contribution in [3.63, 3.8) is 0 Å². The molecule has 2 fully saturated rings. The van der Waals surface area contributed by atoms with Crippen LogP contribution in [0.4, 0.5) is 14.5 Å². The molecular formula is C26H36F2N4O2S. The van der Waals surface area contributed by atoms with Crippen LogP contribution in [0.3, 0.4) is 0 Å². The molecule has 6 nitrogen and oxygen atoms in total. The number of rotatable bonds is 7. The highest BCUT2D eigenvalue weighted by Crippen LogP contribution is 2.32. The van der Waals surface area contributed by atoms with Crippen LogP contribution in [0.1, 0.15) is 57.9 Å². The van der Waals surface area contributed by atoms with E-state index >= 15 is 0 Å². The second kappa shape index (κ2) is 12.1. The van der Waals surface area contributed by atoms with E-state index in [-0.39, 0.29) is 17.2 Å². The van der Waals surface area contributed by atoms with Gasteiger partial charge in [0.1, 0.15) is 17.9 Å². The van der Waals surface area contributed by atoms with Crippen molar-refractivity contribution >= 4 is 41.7 Å². The molecule has 1 aromatic rings. The summed E-state index contributed by atoms with van der Waals surface area (Å²) < 4.78 is 31.0. The standard InChI is InChI=1S/C26H36F2N4O2S/c1-18-5-7-20(8-6-18)25(29-3)30-26(17-33)10-12-32(13-11-26)35-14-9-22-23(27)15-21(16-24(22)28)31(4)19(2)34/h9,14-18,20H,5-8,10-13H2,1-4H3,(H,29,30)/b14-9+. The summed E-state index contributed by atoms with van der Waals surface area (Å²) in [7, 11) is 3.26. The molecule has 0 spiro atoms. The van der Waals surface area contributed by atoms with E-state index in [4.69, 9.17) is 0 Å². The molecule has 9 heteroatoms. The molecule has 1 saturated heterocycles. The molecule has 0 bridgehead atoms. The Bertz CT molecular complexity index is 945. The molecule has 0 aromatic heterocycles. The van der Waals surface area contributed by atoms with Gasteiger partial charge in [0.2, 0.25) is 5.91 Å². The first-order valence-electron chi connectivity index (χ1n) is 12.2. The van der Waals surface area contributed by atoms with E-state index in [9.17, 15) is 18.4 Å². The second-order valence-electron chi connectivity index (χ2n) is 9.70. The number of amidine groups is 1. The van der Waals surface area contributed by atoms with Crippen molar-refractivity contribution in [1.82, 2.24) is 9.62 Å². The van der Waals surface area contributed by atoms with Gasteiger partial charge >= 0.3 is 0 Å². The van der Waals surface area contributed by atoms with Gasteiger partial charge in [0.05, 0.1) is 11.4 Å². The number of hydrogen-bond acceptors (Lipinski definition) is 5. The van der Waals surface area contributed by atoms with E-state index in [2.05, 4.69) is 21.5 Å². The van der Waals surface area contributed by atoms with E-state index in [0.717, 1.165) is 43.0 Å². The Kier molecular flexibility index (Phi) is 9.47. The minimum atomic E-state index is -0.726. The van der Waals surface area contributed by atoms with Gasteiger partial charge in [-0.25, -0.2) is 13.1 Å². The SMILES string of the molecule is CN=C(NC1(C=O)CCN(S/C=C/c2c(F)cc(N(C)C(C)=O)cc2F)CC1)C1CCC(C)CC1. The summed E-state index contributed by atoms with van der Waals surface area (Å²) in [4.78, 5) is 29.2. The number of benzene rings is 1. The molecule has 3 rings (SSSR count). The fraction of sp³-hybridized carbons (Fsp3) is 0.577. The predicted octanol–water partition coefficient (Wildman–Crippen LogP) is 5.04. The number of carbonyl (C=O) groups excluding carboxylic acids is 2. The van der Waals surface area contributed by atoms with Crippen LogP contribution in [0.15, 0.2) is 22.5 Å². The number of nitrogens with zero attached hydrogens (tertiary/aromatic N) is 3. The third kappa shape index (κ3) is 6.91. The fourth-order valence-corrected chi connectivity index (χ4v) is 5.44. The van der Waals surface area contributed by atoms with Crippen LogP contribution in [0.5, 0.6) is 0 Å². The molecular weight excluding hydrogens is 470 g/mol. The van der Waals surface area contributed by atoms with Crippen molar-refractivity contribution in [3.05, 3.63) is 34.7 Å². The minimum Gasteiger partial charge on any atom is -0.361 e. The van der Waals surface area contributed by atoms with Gasteiger partial charge in [0, 0.05) is 51.3 Å². The van der Waals surface area contributed by atoms with Crippen molar-refractivity contribution in [1.29, 1.82) is 0 Å². The molecule has 192 valence electrons. The van der Waals surface area contributed by atoms with Crippen molar-refractivity contribution in [3.8, 4) is 0 Å². The zero-order chi connectivity index (χ0) is 25.6. The summed E-state index contributed by atoms with van der Waals surface area (Å²) in [5.74, 6) is 0.316. The Morgan fingerprint density at radius 2 is 1.80 bits per heavy atom. The third-order valence-corrected chi connectivity index (χ3v) is 8.15.